The van der Waals surface area contributed by atoms with Crippen molar-refractivity contribution < 1.29 is 4.74 Å². The zero-order chi connectivity index (χ0) is 11.5. The first-order valence-corrected chi connectivity index (χ1v) is 5.56. The van der Waals surface area contributed by atoms with Crippen LogP contribution in [0, 0.1) is 6.92 Å². The van der Waals surface area contributed by atoms with Gasteiger partial charge >= 0.3 is 0 Å². The number of aromatic nitrogens is 4. The maximum Gasteiger partial charge on any atom is 0.212 e. The summed E-state index contributed by atoms with van der Waals surface area (Å²) in [5, 5.41) is 11.6. The lowest BCUT2D eigenvalue weighted by molar-refractivity contribution is 0.293. The number of halogens is 1. The van der Waals surface area contributed by atoms with E-state index in [1.165, 1.54) is 4.80 Å². The molecule has 0 saturated heterocycles. The van der Waals surface area contributed by atoms with E-state index < -0.39 is 0 Å². The maximum absolute atomic E-state index is 5.59. The number of ether oxygens (including phenoxy) is 1. The molecule has 16 heavy (non-hydrogen) atoms. The third-order valence-electron chi connectivity index (χ3n) is 2.04. The average Bonchev–Trinajstić information content (AvgIpc) is 2.63. The quantitative estimate of drug-likeness (QED) is 0.862. The van der Waals surface area contributed by atoms with Gasteiger partial charge in [0.2, 0.25) is 5.82 Å². The molecule has 1 heterocycles. The molecule has 0 saturated carbocycles. The molecular formula is C10H11BrN4O. The van der Waals surface area contributed by atoms with Crippen LogP contribution in [0.3, 0.4) is 0 Å². The smallest absolute Gasteiger partial charge is 0.212 e. The van der Waals surface area contributed by atoms with Crippen LogP contribution in [0.25, 0.3) is 0 Å². The van der Waals surface area contributed by atoms with E-state index in [0.717, 1.165) is 15.8 Å². The van der Waals surface area contributed by atoms with Crippen LogP contribution in [-0.2, 0) is 13.7 Å². The van der Waals surface area contributed by atoms with Gasteiger partial charge in [-0.1, -0.05) is 15.9 Å². The first-order chi connectivity index (χ1) is 7.65. The van der Waals surface area contributed by atoms with E-state index in [1.54, 1.807) is 7.05 Å². The van der Waals surface area contributed by atoms with Gasteiger partial charge in [-0.15, -0.1) is 10.2 Å². The summed E-state index contributed by atoms with van der Waals surface area (Å²) in [7, 11) is 1.72. The lowest BCUT2D eigenvalue weighted by atomic mass is 10.2. The summed E-state index contributed by atoms with van der Waals surface area (Å²) < 4.78 is 6.63. The van der Waals surface area contributed by atoms with Crippen molar-refractivity contribution in [2.75, 3.05) is 0 Å². The second-order valence-electron chi connectivity index (χ2n) is 3.39. The van der Waals surface area contributed by atoms with Gasteiger partial charge in [0.05, 0.1) is 7.05 Å². The second-order valence-corrected chi connectivity index (χ2v) is 4.31. The van der Waals surface area contributed by atoms with Crippen molar-refractivity contribution >= 4 is 15.9 Å². The standard InChI is InChI=1S/C10H11BrN4O/c1-7-5-8(11)3-4-9(7)16-6-10-12-14-15(2)13-10/h3-5H,6H2,1-2H3. The van der Waals surface area contributed by atoms with Gasteiger partial charge < -0.3 is 4.74 Å². The average molecular weight is 283 g/mol. The van der Waals surface area contributed by atoms with Gasteiger partial charge in [0.1, 0.15) is 5.75 Å². The second kappa shape index (κ2) is 4.61. The Bertz CT molecular complexity index is 497. The molecule has 5 nitrogen and oxygen atoms in total. The van der Waals surface area contributed by atoms with Gasteiger partial charge in [-0.25, -0.2) is 0 Å². The number of tetrazole rings is 1. The maximum atomic E-state index is 5.59. The lowest BCUT2D eigenvalue weighted by Gasteiger charge is -2.06. The molecule has 84 valence electrons. The van der Waals surface area contributed by atoms with E-state index in [-0.39, 0.29) is 0 Å². The molecule has 0 amide bonds. The first kappa shape index (κ1) is 11.1. The number of aryl methyl sites for hydroxylation is 2. The van der Waals surface area contributed by atoms with Crippen LogP contribution in [0.15, 0.2) is 22.7 Å². The molecule has 0 bridgehead atoms. The minimum atomic E-state index is 0.330. The fourth-order valence-electron chi connectivity index (χ4n) is 1.30. The zero-order valence-corrected chi connectivity index (χ0v) is 10.6. The number of nitrogens with zero attached hydrogens (tertiary/aromatic N) is 4. The molecule has 6 heteroatoms. The molecule has 0 aliphatic carbocycles. The van der Waals surface area contributed by atoms with Gasteiger partial charge in [0.15, 0.2) is 6.61 Å². The summed E-state index contributed by atoms with van der Waals surface area (Å²) in [6.45, 7) is 2.32. The highest BCUT2D eigenvalue weighted by molar-refractivity contribution is 9.10. The molecule has 0 radical (unpaired) electrons. The lowest BCUT2D eigenvalue weighted by Crippen LogP contribution is -2.00. The van der Waals surface area contributed by atoms with E-state index in [1.807, 2.05) is 25.1 Å². The van der Waals surface area contributed by atoms with Crippen molar-refractivity contribution in [1.82, 2.24) is 20.2 Å². The van der Waals surface area contributed by atoms with Crippen molar-refractivity contribution in [3.05, 3.63) is 34.1 Å². The highest BCUT2D eigenvalue weighted by Crippen LogP contribution is 2.22. The topological polar surface area (TPSA) is 52.8 Å². The van der Waals surface area contributed by atoms with Gasteiger partial charge in [-0.05, 0) is 35.9 Å². The minimum absolute atomic E-state index is 0.330. The fraction of sp³-hybridized carbons (Fsp3) is 0.300. The zero-order valence-electron chi connectivity index (χ0n) is 9.01. The number of rotatable bonds is 3. The monoisotopic (exact) mass is 282 g/mol. The highest BCUT2D eigenvalue weighted by Gasteiger charge is 2.04. The molecule has 0 N–H and O–H groups in total. The molecule has 1 aromatic carbocycles. The Labute approximate surface area is 102 Å². The SMILES string of the molecule is Cc1cc(Br)ccc1OCc1nnn(C)n1. The van der Waals surface area contributed by atoms with Crippen molar-refractivity contribution in [1.29, 1.82) is 0 Å². The van der Waals surface area contributed by atoms with Crippen molar-refractivity contribution in [2.24, 2.45) is 7.05 Å². The summed E-state index contributed by atoms with van der Waals surface area (Å²) >= 11 is 3.40. The van der Waals surface area contributed by atoms with E-state index in [0.29, 0.717) is 12.4 Å². The van der Waals surface area contributed by atoms with Crippen molar-refractivity contribution in [2.45, 2.75) is 13.5 Å². The van der Waals surface area contributed by atoms with Crippen LogP contribution in [0.1, 0.15) is 11.4 Å². The molecule has 0 fully saturated rings. The largest absolute Gasteiger partial charge is 0.485 e. The van der Waals surface area contributed by atoms with Gasteiger partial charge in [0, 0.05) is 4.47 Å². The van der Waals surface area contributed by atoms with Crippen LogP contribution in [0.4, 0.5) is 0 Å². The van der Waals surface area contributed by atoms with Gasteiger partial charge in [-0.2, -0.15) is 4.80 Å². The van der Waals surface area contributed by atoms with Gasteiger partial charge in [0.25, 0.3) is 0 Å². The normalized spacial score (nSPS) is 10.4. The first-order valence-electron chi connectivity index (χ1n) is 4.77. The molecule has 1 aromatic heterocycles. The number of benzene rings is 1. The Kier molecular flexibility index (Phi) is 3.19. The molecule has 0 aliphatic rings. The van der Waals surface area contributed by atoms with Crippen LogP contribution >= 0.6 is 15.9 Å². The number of hydrogen-bond donors (Lipinski definition) is 0. The third-order valence-corrected chi connectivity index (χ3v) is 2.54. The van der Waals surface area contributed by atoms with Crippen LogP contribution in [0.2, 0.25) is 0 Å². The predicted octanol–water partition coefficient (Wildman–Crippen LogP) is 1.86. The minimum Gasteiger partial charge on any atom is -0.485 e. The van der Waals surface area contributed by atoms with Crippen LogP contribution in [0.5, 0.6) is 5.75 Å². The molecule has 0 aliphatic heterocycles. The molecule has 0 unspecified atom stereocenters. The van der Waals surface area contributed by atoms with E-state index >= 15 is 0 Å². The van der Waals surface area contributed by atoms with Crippen molar-refractivity contribution in [3.8, 4) is 5.75 Å². The summed E-state index contributed by atoms with van der Waals surface area (Å²) in [6, 6.07) is 5.85. The molecule has 2 rings (SSSR count). The van der Waals surface area contributed by atoms with Crippen molar-refractivity contribution in [3.63, 3.8) is 0 Å². The highest BCUT2D eigenvalue weighted by atomic mass is 79.9. The molecule has 0 atom stereocenters. The summed E-state index contributed by atoms with van der Waals surface area (Å²) in [5.74, 6) is 1.40. The fourth-order valence-corrected chi connectivity index (χ4v) is 1.77. The van der Waals surface area contributed by atoms with E-state index in [9.17, 15) is 0 Å². The Morgan fingerprint density at radius 1 is 1.44 bits per heavy atom. The van der Waals surface area contributed by atoms with Crippen LogP contribution in [-0.4, -0.2) is 20.2 Å². The Hall–Kier alpha value is -1.43. The Morgan fingerprint density at radius 2 is 2.25 bits per heavy atom. The molecule has 0 spiro atoms. The summed E-state index contributed by atoms with van der Waals surface area (Å²) in [6.07, 6.45) is 0. The summed E-state index contributed by atoms with van der Waals surface area (Å²) in [5.41, 5.74) is 1.07. The third kappa shape index (κ3) is 2.57. The number of hydrogen-bond acceptors (Lipinski definition) is 4. The Morgan fingerprint density at radius 3 is 2.88 bits per heavy atom. The molecular weight excluding hydrogens is 272 g/mol. The molecule has 2 aromatic rings. The Balaban J connectivity index is 2.04. The van der Waals surface area contributed by atoms with Crippen LogP contribution < -0.4 is 4.74 Å². The summed E-state index contributed by atoms with van der Waals surface area (Å²) in [4.78, 5) is 1.41. The van der Waals surface area contributed by atoms with Gasteiger partial charge in [-0.3, -0.25) is 0 Å². The predicted molar refractivity (Wildman–Crippen MR) is 62.0 cm³/mol. The van der Waals surface area contributed by atoms with E-state index in [4.69, 9.17) is 4.74 Å². The van der Waals surface area contributed by atoms with E-state index in [2.05, 4.69) is 31.3 Å².